The number of thioether (sulfide) groups is 1. The lowest BCUT2D eigenvalue weighted by Crippen LogP contribution is -2.40. The summed E-state index contributed by atoms with van der Waals surface area (Å²) in [7, 11) is 0. The maximum atomic E-state index is 12.6. The molecule has 0 radical (unpaired) electrons. The van der Waals surface area contributed by atoms with Gasteiger partial charge in [0.25, 0.3) is 0 Å². The Hall–Kier alpha value is -1.57. The number of amides is 2. The molecule has 2 aliphatic carbocycles. The summed E-state index contributed by atoms with van der Waals surface area (Å²) in [6, 6.07) is 0.252. The molecule has 2 saturated carbocycles. The summed E-state index contributed by atoms with van der Waals surface area (Å²) in [5, 5.41) is 12.7. The second-order valence-electron chi connectivity index (χ2n) is 9.25. The molecule has 2 amide bonds. The summed E-state index contributed by atoms with van der Waals surface area (Å²) in [6.07, 6.45) is 9.13. The molecule has 1 aromatic rings. The topological polar surface area (TPSA) is 80.1 Å². The number of nitrogens with zero attached hydrogens (tertiary/aromatic N) is 4. The molecule has 1 aromatic heterocycles. The van der Waals surface area contributed by atoms with Gasteiger partial charge in [0, 0.05) is 25.6 Å². The van der Waals surface area contributed by atoms with Gasteiger partial charge >= 0.3 is 0 Å². The van der Waals surface area contributed by atoms with E-state index in [1.54, 1.807) is 0 Å². The van der Waals surface area contributed by atoms with Gasteiger partial charge in [0.15, 0.2) is 11.0 Å². The molecule has 1 saturated heterocycles. The zero-order chi connectivity index (χ0) is 21.1. The Morgan fingerprint density at radius 3 is 2.83 bits per heavy atom. The number of carbonyl (C=O) groups excluding carboxylic acids is 2. The predicted molar refractivity (Wildman–Crippen MR) is 117 cm³/mol. The van der Waals surface area contributed by atoms with E-state index in [2.05, 4.69) is 29.4 Å². The molecule has 166 valence electrons. The Balaban J connectivity index is 1.30. The van der Waals surface area contributed by atoms with Crippen molar-refractivity contribution in [1.82, 2.24) is 25.0 Å². The maximum Gasteiger partial charge on any atom is 0.230 e. The first-order valence-electron chi connectivity index (χ1n) is 11.7. The summed E-state index contributed by atoms with van der Waals surface area (Å²) in [6.45, 7) is 6.25. The van der Waals surface area contributed by atoms with Crippen LogP contribution in [-0.4, -0.2) is 49.8 Å². The number of fused-ring (bicyclic) bond motifs is 2. The molecule has 2 heterocycles. The van der Waals surface area contributed by atoms with Gasteiger partial charge in [0.1, 0.15) is 0 Å². The van der Waals surface area contributed by atoms with E-state index in [-0.39, 0.29) is 17.9 Å². The van der Waals surface area contributed by atoms with E-state index in [1.807, 2.05) is 9.47 Å². The molecule has 3 aliphatic rings. The molecule has 0 unspecified atom stereocenters. The minimum atomic E-state index is 0.0742. The predicted octanol–water partition coefficient (Wildman–Crippen LogP) is 3.23. The number of hydrogen-bond donors (Lipinski definition) is 1. The molecule has 0 aromatic carbocycles. The molecule has 30 heavy (non-hydrogen) atoms. The average molecular weight is 434 g/mol. The number of carbonyl (C=O) groups is 2. The van der Waals surface area contributed by atoms with Crippen molar-refractivity contribution in [3.63, 3.8) is 0 Å². The molecule has 1 aliphatic heterocycles. The lowest BCUT2D eigenvalue weighted by molar-refractivity contribution is -0.131. The monoisotopic (exact) mass is 433 g/mol. The van der Waals surface area contributed by atoms with E-state index in [9.17, 15) is 9.59 Å². The fraction of sp³-hybridized carbons (Fsp3) is 0.818. The largest absolute Gasteiger partial charge is 0.353 e. The number of aromatic nitrogens is 3. The molecule has 2 bridgehead atoms. The second kappa shape index (κ2) is 9.71. The van der Waals surface area contributed by atoms with E-state index in [0.29, 0.717) is 24.6 Å². The smallest absolute Gasteiger partial charge is 0.230 e. The molecule has 3 fully saturated rings. The summed E-state index contributed by atoms with van der Waals surface area (Å²) < 4.78 is 2.04. The fourth-order valence-electron chi connectivity index (χ4n) is 5.68. The van der Waals surface area contributed by atoms with Crippen molar-refractivity contribution >= 4 is 23.6 Å². The Morgan fingerprint density at radius 2 is 2.10 bits per heavy atom. The number of rotatable bonds is 8. The highest BCUT2D eigenvalue weighted by Crippen LogP contribution is 2.49. The van der Waals surface area contributed by atoms with E-state index >= 15 is 0 Å². The third-order valence-corrected chi connectivity index (χ3v) is 8.24. The second-order valence-corrected chi connectivity index (χ2v) is 10.2. The van der Waals surface area contributed by atoms with Crippen LogP contribution in [0.1, 0.15) is 71.0 Å². The quantitative estimate of drug-likeness (QED) is 0.637. The van der Waals surface area contributed by atoms with Gasteiger partial charge < -0.3 is 14.8 Å². The zero-order valence-corrected chi connectivity index (χ0v) is 19.1. The first-order valence-corrected chi connectivity index (χ1v) is 12.7. The van der Waals surface area contributed by atoms with Gasteiger partial charge in [0.05, 0.1) is 12.3 Å². The molecule has 4 rings (SSSR count). The van der Waals surface area contributed by atoms with Gasteiger partial charge in [-0.25, -0.2) is 0 Å². The van der Waals surface area contributed by atoms with Crippen molar-refractivity contribution in [2.75, 3.05) is 12.3 Å². The molecule has 0 spiro atoms. The summed E-state index contributed by atoms with van der Waals surface area (Å²) in [4.78, 5) is 26.8. The first kappa shape index (κ1) is 21.7. The Bertz CT molecular complexity index is 767. The van der Waals surface area contributed by atoms with Gasteiger partial charge in [-0.15, -0.1) is 10.2 Å². The Morgan fingerprint density at radius 1 is 1.23 bits per heavy atom. The fourth-order valence-corrected chi connectivity index (χ4v) is 6.51. The maximum absolute atomic E-state index is 12.6. The van der Waals surface area contributed by atoms with Crippen molar-refractivity contribution in [3.05, 3.63) is 5.82 Å². The molecular formula is C22H35N5O2S. The van der Waals surface area contributed by atoms with Crippen LogP contribution >= 0.6 is 11.8 Å². The average Bonchev–Trinajstić information content (AvgIpc) is 3.43. The van der Waals surface area contributed by atoms with Gasteiger partial charge in [-0.1, -0.05) is 24.6 Å². The first-order chi connectivity index (χ1) is 14.5. The van der Waals surface area contributed by atoms with Gasteiger partial charge in [-0.2, -0.15) is 0 Å². The lowest BCUT2D eigenvalue weighted by atomic mass is 9.84. The Labute approximate surface area is 183 Å². The zero-order valence-electron chi connectivity index (χ0n) is 18.3. The molecule has 8 heteroatoms. The summed E-state index contributed by atoms with van der Waals surface area (Å²) in [5.74, 6) is 3.80. The highest BCUT2D eigenvalue weighted by atomic mass is 32.2. The van der Waals surface area contributed by atoms with Crippen LogP contribution < -0.4 is 5.32 Å². The van der Waals surface area contributed by atoms with Gasteiger partial charge in [-0.05, 0) is 63.7 Å². The standard InChI is InChI=1S/C22H35N5O2S/c1-3-27-19(13-26-10-6-4-5-7-21(26)29)24-25-22(27)30-14-20(28)23-15(2)18-12-16-8-9-17(18)11-16/h15-18H,3-14H2,1-2H3,(H,23,28)/t15-,16+,17+,18+/m0/s1. The third-order valence-electron chi connectivity index (χ3n) is 7.27. The van der Waals surface area contributed by atoms with Crippen molar-refractivity contribution < 1.29 is 9.59 Å². The minimum Gasteiger partial charge on any atom is -0.353 e. The van der Waals surface area contributed by atoms with Crippen LogP contribution in [-0.2, 0) is 22.7 Å². The number of hydrogen-bond acceptors (Lipinski definition) is 5. The van der Waals surface area contributed by atoms with Crippen molar-refractivity contribution in [3.8, 4) is 0 Å². The third kappa shape index (κ3) is 4.84. The van der Waals surface area contributed by atoms with Crippen molar-refractivity contribution in [2.45, 2.75) is 89.5 Å². The highest BCUT2D eigenvalue weighted by molar-refractivity contribution is 7.99. The summed E-state index contributed by atoms with van der Waals surface area (Å²) in [5.41, 5.74) is 0. The van der Waals surface area contributed by atoms with Gasteiger partial charge in [-0.3, -0.25) is 9.59 Å². The van der Waals surface area contributed by atoms with Crippen molar-refractivity contribution in [1.29, 1.82) is 0 Å². The van der Waals surface area contributed by atoms with Gasteiger partial charge in [0.2, 0.25) is 11.8 Å². The molecule has 7 nitrogen and oxygen atoms in total. The van der Waals surface area contributed by atoms with Crippen LogP contribution in [0, 0.1) is 17.8 Å². The van der Waals surface area contributed by atoms with Crippen LogP contribution in [0.25, 0.3) is 0 Å². The highest BCUT2D eigenvalue weighted by Gasteiger charge is 2.42. The minimum absolute atomic E-state index is 0.0742. The van der Waals surface area contributed by atoms with Crippen LogP contribution in [0.4, 0.5) is 0 Å². The normalized spacial score (nSPS) is 27.3. The van der Waals surface area contributed by atoms with Crippen molar-refractivity contribution in [2.24, 2.45) is 17.8 Å². The van der Waals surface area contributed by atoms with E-state index in [0.717, 1.165) is 55.2 Å². The number of nitrogens with one attached hydrogen (secondary N) is 1. The number of likely N-dealkylation sites (tertiary alicyclic amines) is 1. The SMILES string of the molecule is CCn1c(CN2CCCCCC2=O)nnc1SCC(=O)N[C@@H](C)[C@H]1C[C@@H]2CC[C@@H]1C2. The van der Waals surface area contributed by atoms with E-state index < -0.39 is 0 Å². The Kier molecular flexibility index (Phi) is 7.01. The molecule has 4 atom stereocenters. The van der Waals surface area contributed by atoms with E-state index in [1.165, 1.54) is 37.4 Å². The van der Waals surface area contributed by atoms with E-state index in [4.69, 9.17) is 0 Å². The summed E-state index contributed by atoms with van der Waals surface area (Å²) >= 11 is 1.44. The lowest BCUT2D eigenvalue weighted by Gasteiger charge is -2.28. The molecular weight excluding hydrogens is 398 g/mol. The van der Waals surface area contributed by atoms with Crippen LogP contribution in [0.2, 0.25) is 0 Å². The van der Waals surface area contributed by atoms with Crippen LogP contribution in [0.3, 0.4) is 0 Å². The van der Waals surface area contributed by atoms with Crippen LogP contribution in [0.5, 0.6) is 0 Å². The van der Waals surface area contributed by atoms with Crippen LogP contribution in [0.15, 0.2) is 5.16 Å². The molecule has 1 N–H and O–H groups in total.